The second kappa shape index (κ2) is 9.81. The van der Waals surface area contributed by atoms with Gasteiger partial charge in [-0.2, -0.15) is 9.36 Å². The zero-order chi connectivity index (χ0) is 23.7. The maximum absolute atomic E-state index is 13.4. The molecule has 3 aromatic heterocycles. The number of nitrogens with one attached hydrogen (secondary N) is 1. The van der Waals surface area contributed by atoms with Crippen molar-refractivity contribution < 1.29 is 4.79 Å². The molecular formula is C24H23N5O2S3. The van der Waals surface area contributed by atoms with Crippen LogP contribution in [0.1, 0.15) is 23.8 Å². The average Bonchev–Trinajstić information content (AvgIpc) is 3.44. The van der Waals surface area contributed by atoms with Gasteiger partial charge in [-0.15, -0.1) is 17.9 Å². The molecule has 5 rings (SSSR count). The van der Waals surface area contributed by atoms with Gasteiger partial charge in [0.2, 0.25) is 11.9 Å². The van der Waals surface area contributed by atoms with Crippen molar-refractivity contribution in [1.82, 2.24) is 18.9 Å². The van der Waals surface area contributed by atoms with E-state index in [1.54, 1.807) is 22.0 Å². The first-order valence-electron chi connectivity index (χ1n) is 11.0. The Hall–Kier alpha value is -2.82. The Balaban J connectivity index is 1.35. The minimum atomic E-state index is -0.249. The smallest absolute Gasteiger partial charge is 0.263 e. The molecule has 7 nitrogen and oxygen atoms in total. The topological polar surface area (TPSA) is 89.8 Å². The fourth-order valence-electron chi connectivity index (χ4n) is 4.07. The van der Waals surface area contributed by atoms with Crippen molar-refractivity contribution >= 4 is 56.7 Å². The number of allylic oxidation sites excluding steroid dienone is 1. The summed E-state index contributed by atoms with van der Waals surface area (Å²) >= 11 is 4.09. The molecule has 1 N–H and O–H groups in total. The van der Waals surface area contributed by atoms with Gasteiger partial charge in [-0.3, -0.25) is 19.5 Å². The first-order chi connectivity index (χ1) is 16.5. The second-order valence-corrected chi connectivity index (χ2v) is 11.0. The van der Waals surface area contributed by atoms with Crippen molar-refractivity contribution in [3.63, 3.8) is 0 Å². The lowest BCUT2D eigenvalue weighted by Crippen LogP contribution is -2.24. The predicted octanol–water partition coefficient (Wildman–Crippen LogP) is 5.02. The zero-order valence-electron chi connectivity index (χ0n) is 18.6. The molecule has 0 spiro atoms. The Morgan fingerprint density at radius 3 is 2.94 bits per heavy atom. The van der Waals surface area contributed by atoms with E-state index in [1.165, 1.54) is 28.2 Å². The maximum Gasteiger partial charge on any atom is 0.263 e. The van der Waals surface area contributed by atoms with E-state index in [0.29, 0.717) is 17.6 Å². The molecule has 3 heterocycles. The van der Waals surface area contributed by atoms with Gasteiger partial charge in [0.1, 0.15) is 9.84 Å². The van der Waals surface area contributed by atoms with E-state index in [9.17, 15) is 9.59 Å². The normalized spacial score (nSPS) is 15.3. The van der Waals surface area contributed by atoms with Gasteiger partial charge in [-0.1, -0.05) is 55.1 Å². The summed E-state index contributed by atoms with van der Waals surface area (Å²) in [6.07, 6.45) is 4.69. The van der Waals surface area contributed by atoms with E-state index in [2.05, 4.69) is 28.2 Å². The number of hydrogen-bond donors (Lipinski definition) is 1. The number of rotatable bonds is 7. The zero-order valence-corrected chi connectivity index (χ0v) is 21.1. The van der Waals surface area contributed by atoms with Crippen LogP contribution in [0.4, 0.5) is 5.95 Å². The molecule has 1 atom stereocenters. The molecule has 4 aromatic rings. The molecule has 0 saturated heterocycles. The monoisotopic (exact) mass is 509 g/mol. The molecule has 0 fully saturated rings. The predicted molar refractivity (Wildman–Crippen MR) is 140 cm³/mol. The second-order valence-electron chi connectivity index (χ2n) is 8.26. The minimum absolute atomic E-state index is 0.0477. The first kappa shape index (κ1) is 22.9. The van der Waals surface area contributed by atoms with Gasteiger partial charge < -0.3 is 0 Å². The van der Waals surface area contributed by atoms with Gasteiger partial charge in [0, 0.05) is 17.0 Å². The summed E-state index contributed by atoms with van der Waals surface area (Å²) in [6, 6.07) is 9.71. The quantitative estimate of drug-likeness (QED) is 0.214. The number of thioether (sulfide) groups is 1. The molecule has 10 heteroatoms. The number of fused-ring (bicyclic) bond motifs is 3. The van der Waals surface area contributed by atoms with Crippen molar-refractivity contribution in [2.24, 2.45) is 5.92 Å². The molecular weight excluding hydrogens is 486 g/mol. The largest absolute Gasteiger partial charge is 0.293 e. The third-order valence-corrected chi connectivity index (χ3v) is 8.61. The summed E-state index contributed by atoms with van der Waals surface area (Å²) < 4.78 is 5.86. The molecule has 0 unspecified atom stereocenters. The van der Waals surface area contributed by atoms with E-state index in [-0.39, 0.29) is 23.2 Å². The van der Waals surface area contributed by atoms with Crippen molar-refractivity contribution in [3.8, 4) is 10.6 Å². The lowest BCUT2D eigenvalue weighted by Gasteiger charge is -2.17. The van der Waals surface area contributed by atoms with Gasteiger partial charge in [-0.05, 0) is 42.3 Å². The highest BCUT2D eigenvalue weighted by molar-refractivity contribution is 7.99. The summed E-state index contributed by atoms with van der Waals surface area (Å²) in [5, 5.41) is 4.75. The fraction of sp³-hybridized carbons (Fsp3) is 0.292. The van der Waals surface area contributed by atoms with Crippen LogP contribution in [0.15, 0.2) is 52.9 Å². The number of benzene rings is 1. The van der Waals surface area contributed by atoms with Crippen LogP contribution in [0.3, 0.4) is 0 Å². The van der Waals surface area contributed by atoms with Crippen LogP contribution in [0, 0.1) is 5.92 Å². The van der Waals surface area contributed by atoms with Crippen molar-refractivity contribution in [3.05, 3.63) is 63.8 Å². The van der Waals surface area contributed by atoms with Crippen LogP contribution in [0.25, 0.3) is 20.8 Å². The lowest BCUT2D eigenvalue weighted by atomic mass is 9.89. The highest BCUT2D eigenvalue weighted by atomic mass is 32.2. The van der Waals surface area contributed by atoms with E-state index >= 15 is 0 Å². The summed E-state index contributed by atoms with van der Waals surface area (Å²) in [4.78, 5) is 37.2. The van der Waals surface area contributed by atoms with Gasteiger partial charge in [0.15, 0.2) is 5.16 Å². The van der Waals surface area contributed by atoms with E-state index in [0.717, 1.165) is 45.6 Å². The molecule has 0 bridgehead atoms. The number of hydrogen-bond acceptors (Lipinski definition) is 8. The molecule has 0 saturated carbocycles. The van der Waals surface area contributed by atoms with Crippen molar-refractivity contribution in [1.29, 1.82) is 0 Å². The molecule has 1 amide bonds. The van der Waals surface area contributed by atoms with Crippen LogP contribution in [0.5, 0.6) is 0 Å². The molecule has 1 aliphatic rings. The number of nitrogens with zero attached hydrogens (tertiary/aromatic N) is 4. The molecule has 1 aromatic carbocycles. The first-order valence-corrected chi connectivity index (χ1v) is 13.6. The van der Waals surface area contributed by atoms with Crippen LogP contribution < -0.4 is 10.9 Å². The Bertz CT molecular complexity index is 1420. The third kappa shape index (κ3) is 4.57. The van der Waals surface area contributed by atoms with Gasteiger partial charge in [-0.25, -0.2) is 4.98 Å². The molecule has 174 valence electrons. The molecule has 1 aliphatic carbocycles. The summed E-state index contributed by atoms with van der Waals surface area (Å²) in [6.45, 7) is 6.39. The SMILES string of the molecule is C=CCn1c(SCC(=O)Nc2nsc(-c3ccccc3)n2)nc2sc3c(c2c1=O)CC[C@@H](C)C3. The van der Waals surface area contributed by atoms with Crippen LogP contribution in [-0.4, -0.2) is 30.6 Å². The number of aromatic nitrogens is 4. The highest BCUT2D eigenvalue weighted by Gasteiger charge is 2.24. The molecule has 0 aliphatic heterocycles. The average molecular weight is 510 g/mol. The molecule has 0 radical (unpaired) electrons. The van der Waals surface area contributed by atoms with Crippen LogP contribution >= 0.6 is 34.6 Å². The Kier molecular flexibility index (Phi) is 6.62. The van der Waals surface area contributed by atoms with Gasteiger partial charge >= 0.3 is 0 Å². The number of carbonyl (C=O) groups excluding carboxylic acids is 1. The van der Waals surface area contributed by atoms with E-state index in [1.807, 2.05) is 30.3 Å². The van der Waals surface area contributed by atoms with Crippen molar-refractivity contribution in [2.45, 2.75) is 37.9 Å². The number of thiophene rings is 1. The third-order valence-electron chi connectivity index (χ3n) is 5.72. The summed E-state index contributed by atoms with van der Waals surface area (Å²) in [5.41, 5.74) is 2.06. The van der Waals surface area contributed by atoms with E-state index < -0.39 is 0 Å². The fourth-order valence-corrected chi connectivity index (χ4v) is 6.93. The van der Waals surface area contributed by atoms with E-state index in [4.69, 9.17) is 4.98 Å². The number of amides is 1. The van der Waals surface area contributed by atoms with Gasteiger partial charge in [0.05, 0.1) is 11.1 Å². The Morgan fingerprint density at radius 2 is 2.15 bits per heavy atom. The van der Waals surface area contributed by atoms with Crippen LogP contribution in [0.2, 0.25) is 0 Å². The molecule has 34 heavy (non-hydrogen) atoms. The number of anilines is 1. The lowest BCUT2D eigenvalue weighted by molar-refractivity contribution is -0.113. The Labute approximate surface area is 209 Å². The summed E-state index contributed by atoms with van der Waals surface area (Å²) in [5.74, 6) is 0.745. The van der Waals surface area contributed by atoms with Crippen LogP contribution in [-0.2, 0) is 24.2 Å². The number of aryl methyl sites for hydroxylation is 1. The highest BCUT2D eigenvalue weighted by Crippen LogP contribution is 2.36. The van der Waals surface area contributed by atoms with Gasteiger partial charge in [0.25, 0.3) is 5.56 Å². The minimum Gasteiger partial charge on any atom is -0.293 e. The van der Waals surface area contributed by atoms with Crippen molar-refractivity contribution in [2.75, 3.05) is 11.1 Å². The number of carbonyl (C=O) groups is 1. The maximum atomic E-state index is 13.4. The standard InChI is InChI=1S/C24H23N5O2S3/c1-3-11-29-22(31)19-16-10-9-14(2)12-17(16)33-21(19)27-24(29)32-13-18(30)25-23-26-20(34-28-23)15-7-5-4-6-8-15/h3-8,14H,1,9-13H2,2H3,(H,25,28,30)/t14-/m1/s1. The Morgan fingerprint density at radius 1 is 1.32 bits per heavy atom. The summed E-state index contributed by atoms with van der Waals surface area (Å²) in [7, 11) is 0.